The zero-order chi connectivity index (χ0) is 5.98. The Balaban J connectivity index is 2.60. The van der Waals surface area contributed by atoms with Gasteiger partial charge in [-0.05, 0) is 18.9 Å². The lowest BCUT2D eigenvalue weighted by Gasteiger charge is -2.07. The van der Waals surface area contributed by atoms with Gasteiger partial charge in [-0.15, -0.1) is 0 Å². The SMILES string of the molecule is N=C1CCC=CC1F. The molecule has 0 bridgehead atoms. The summed E-state index contributed by atoms with van der Waals surface area (Å²) < 4.78 is 12.3. The van der Waals surface area contributed by atoms with E-state index in [1.54, 1.807) is 6.08 Å². The molecule has 0 saturated heterocycles. The highest BCUT2D eigenvalue weighted by atomic mass is 19.1. The standard InChI is InChI=1S/C6H8FN/c7-5-3-1-2-4-6(5)8/h1,3,5,8H,2,4H2. The Hall–Kier alpha value is -0.660. The number of rotatable bonds is 0. The number of nitrogens with one attached hydrogen (secondary N) is 1. The fourth-order valence-corrected chi connectivity index (χ4v) is 0.709. The third-order valence-corrected chi connectivity index (χ3v) is 1.22. The molecule has 8 heavy (non-hydrogen) atoms. The average Bonchev–Trinajstić information content (AvgIpc) is 1.77. The maximum absolute atomic E-state index is 12.3. The van der Waals surface area contributed by atoms with Crippen molar-refractivity contribution in [1.82, 2.24) is 0 Å². The van der Waals surface area contributed by atoms with Crippen LogP contribution < -0.4 is 0 Å². The van der Waals surface area contributed by atoms with Crippen LogP contribution in [0.15, 0.2) is 12.2 Å². The molecule has 1 aliphatic carbocycles. The minimum atomic E-state index is -1.09. The first-order chi connectivity index (χ1) is 3.80. The fourth-order valence-electron chi connectivity index (χ4n) is 0.709. The highest BCUT2D eigenvalue weighted by molar-refractivity contribution is 5.88. The van der Waals surface area contributed by atoms with Crippen LogP contribution in [-0.4, -0.2) is 11.9 Å². The van der Waals surface area contributed by atoms with Crippen LogP contribution in [0.2, 0.25) is 0 Å². The summed E-state index contributed by atoms with van der Waals surface area (Å²) in [4.78, 5) is 0. The second kappa shape index (κ2) is 2.07. The molecule has 0 aromatic heterocycles. The maximum Gasteiger partial charge on any atom is 0.156 e. The lowest BCUT2D eigenvalue weighted by atomic mass is 10.0. The van der Waals surface area contributed by atoms with E-state index in [0.29, 0.717) is 6.42 Å². The third-order valence-electron chi connectivity index (χ3n) is 1.22. The van der Waals surface area contributed by atoms with Crippen molar-refractivity contribution >= 4 is 5.71 Å². The summed E-state index contributed by atoms with van der Waals surface area (Å²) in [6.07, 6.45) is 3.55. The zero-order valence-corrected chi connectivity index (χ0v) is 4.52. The summed E-state index contributed by atoms with van der Waals surface area (Å²) in [5, 5.41) is 6.97. The quantitative estimate of drug-likeness (QED) is 0.462. The summed E-state index contributed by atoms with van der Waals surface area (Å²) in [6.45, 7) is 0. The van der Waals surface area contributed by atoms with Crippen LogP contribution >= 0.6 is 0 Å². The van der Waals surface area contributed by atoms with Gasteiger partial charge in [0.2, 0.25) is 0 Å². The molecule has 1 aliphatic rings. The van der Waals surface area contributed by atoms with Gasteiger partial charge in [0.1, 0.15) is 0 Å². The number of allylic oxidation sites excluding steroid dienone is 2. The molecule has 0 aromatic carbocycles. The number of halogens is 1. The summed E-state index contributed by atoms with van der Waals surface area (Å²) in [7, 11) is 0. The van der Waals surface area contributed by atoms with Gasteiger partial charge in [-0.3, -0.25) is 0 Å². The highest BCUT2D eigenvalue weighted by Crippen LogP contribution is 2.08. The molecule has 0 fully saturated rings. The van der Waals surface area contributed by atoms with Crippen molar-refractivity contribution in [2.75, 3.05) is 0 Å². The molecule has 0 saturated carbocycles. The van der Waals surface area contributed by atoms with Gasteiger partial charge in [0.15, 0.2) is 6.17 Å². The van der Waals surface area contributed by atoms with E-state index in [-0.39, 0.29) is 5.71 Å². The number of hydrogen-bond acceptors (Lipinski definition) is 1. The van der Waals surface area contributed by atoms with E-state index in [1.807, 2.05) is 0 Å². The van der Waals surface area contributed by atoms with Crippen molar-refractivity contribution in [3.8, 4) is 0 Å². The molecule has 0 amide bonds. The molecule has 1 N–H and O–H groups in total. The van der Waals surface area contributed by atoms with Gasteiger partial charge in [-0.1, -0.05) is 6.08 Å². The molecule has 1 nitrogen and oxygen atoms in total. The number of hydrogen-bond donors (Lipinski definition) is 1. The maximum atomic E-state index is 12.3. The molecule has 0 aromatic rings. The summed E-state index contributed by atoms with van der Waals surface area (Å²) in [5.74, 6) is 0. The fraction of sp³-hybridized carbons (Fsp3) is 0.500. The van der Waals surface area contributed by atoms with E-state index in [4.69, 9.17) is 5.41 Å². The van der Waals surface area contributed by atoms with Gasteiger partial charge in [0.05, 0.1) is 0 Å². The molecule has 1 unspecified atom stereocenters. The molecule has 44 valence electrons. The van der Waals surface area contributed by atoms with Crippen molar-refractivity contribution in [3.05, 3.63) is 12.2 Å². The summed E-state index contributed by atoms with van der Waals surface area (Å²) in [5.41, 5.74) is 0.215. The van der Waals surface area contributed by atoms with Gasteiger partial charge in [0, 0.05) is 5.71 Å². The predicted octanol–water partition coefficient (Wildman–Crippen LogP) is 1.69. The van der Waals surface area contributed by atoms with Gasteiger partial charge in [-0.25, -0.2) is 4.39 Å². The lowest BCUT2D eigenvalue weighted by molar-refractivity contribution is 0.479. The van der Waals surface area contributed by atoms with Gasteiger partial charge in [0.25, 0.3) is 0 Å². The van der Waals surface area contributed by atoms with E-state index < -0.39 is 6.17 Å². The van der Waals surface area contributed by atoms with Gasteiger partial charge < -0.3 is 5.41 Å². The Morgan fingerprint density at radius 2 is 2.50 bits per heavy atom. The van der Waals surface area contributed by atoms with Crippen molar-refractivity contribution in [2.45, 2.75) is 19.0 Å². The Bertz CT molecular complexity index is 128. The van der Waals surface area contributed by atoms with E-state index in [9.17, 15) is 4.39 Å². The molecular formula is C6H8FN. The predicted molar refractivity (Wildman–Crippen MR) is 31.0 cm³/mol. The van der Waals surface area contributed by atoms with E-state index in [2.05, 4.69) is 0 Å². The van der Waals surface area contributed by atoms with Crippen LogP contribution in [-0.2, 0) is 0 Å². The largest absolute Gasteiger partial charge is 0.306 e. The third kappa shape index (κ3) is 0.941. The first-order valence-electron chi connectivity index (χ1n) is 2.69. The second-order valence-corrected chi connectivity index (χ2v) is 1.89. The van der Waals surface area contributed by atoms with E-state index in [1.165, 1.54) is 6.08 Å². The van der Waals surface area contributed by atoms with Crippen molar-refractivity contribution in [1.29, 1.82) is 5.41 Å². The van der Waals surface area contributed by atoms with Crippen LogP contribution in [0, 0.1) is 5.41 Å². The number of alkyl halides is 1. The first kappa shape index (κ1) is 5.48. The normalized spacial score (nSPS) is 28.6. The van der Waals surface area contributed by atoms with Gasteiger partial charge >= 0.3 is 0 Å². The Morgan fingerprint density at radius 1 is 1.75 bits per heavy atom. The highest BCUT2D eigenvalue weighted by Gasteiger charge is 2.11. The smallest absolute Gasteiger partial charge is 0.156 e. The average molecular weight is 113 g/mol. The van der Waals surface area contributed by atoms with Crippen LogP contribution in [0.1, 0.15) is 12.8 Å². The van der Waals surface area contributed by atoms with Gasteiger partial charge in [-0.2, -0.15) is 0 Å². The summed E-state index contributed by atoms with van der Waals surface area (Å²) in [6, 6.07) is 0. The molecule has 1 atom stereocenters. The van der Waals surface area contributed by atoms with Crippen LogP contribution in [0.5, 0.6) is 0 Å². The van der Waals surface area contributed by atoms with Crippen molar-refractivity contribution < 1.29 is 4.39 Å². The van der Waals surface area contributed by atoms with E-state index >= 15 is 0 Å². The zero-order valence-electron chi connectivity index (χ0n) is 4.52. The molecular weight excluding hydrogens is 105 g/mol. The Labute approximate surface area is 47.7 Å². The minimum absolute atomic E-state index is 0.215. The minimum Gasteiger partial charge on any atom is -0.306 e. The molecule has 2 heteroatoms. The Kier molecular flexibility index (Phi) is 1.42. The first-order valence-corrected chi connectivity index (χ1v) is 2.69. The van der Waals surface area contributed by atoms with Crippen LogP contribution in [0.3, 0.4) is 0 Å². The van der Waals surface area contributed by atoms with Crippen LogP contribution in [0.25, 0.3) is 0 Å². The molecule has 0 heterocycles. The Morgan fingerprint density at radius 3 is 2.88 bits per heavy atom. The van der Waals surface area contributed by atoms with Crippen molar-refractivity contribution in [2.24, 2.45) is 0 Å². The monoisotopic (exact) mass is 113 g/mol. The molecule has 0 spiro atoms. The molecule has 0 aliphatic heterocycles. The lowest BCUT2D eigenvalue weighted by Crippen LogP contribution is -2.14. The van der Waals surface area contributed by atoms with Crippen LogP contribution in [0.4, 0.5) is 4.39 Å². The van der Waals surface area contributed by atoms with E-state index in [0.717, 1.165) is 6.42 Å². The molecule has 0 radical (unpaired) electrons. The summed E-state index contributed by atoms with van der Waals surface area (Å²) >= 11 is 0. The topological polar surface area (TPSA) is 23.9 Å². The van der Waals surface area contributed by atoms with Crippen molar-refractivity contribution in [3.63, 3.8) is 0 Å². The molecule has 1 rings (SSSR count). The second-order valence-electron chi connectivity index (χ2n) is 1.89.